The molecule has 12 nitrogen and oxygen atoms in total. The Morgan fingerprint density at radius 2 is 1.47 bits per heavy atom. The summed E-state index contributed by atoms with van der Waals surface area (Å²) in [7, 11) is 0. The van der Waals surface area contributed by atoms with Gasteiger partial charge in [0.15, 0.2) is 0 Å². The first kappa shape index (κ1) is 41.7. The maximum absolute atomic E-state index is 13.7. The van der Waals surface area contributed by atoms with E-state index in [1.54, 1.807) is 33.8 Å². The van der Waals surface area contributed by atoms with E-state index in [1.165, 1.54) is 0 Å². The van der Waals surface area contributed by atoms with Crippen LogP contribution in [-0.2, 0) is 23.9 Å². The molecule has 1 aliphatic carbocycles. The molecular weight excluding hydrogens is 602 g/mol. The summed E-state index contributed by atoms with van der Waals surface area (Å²) in [5.41, 5.74) is 5.01. The highest BCUT2D eigenvalue weighted by Crippen LogP contribution is 2.27. The number of carbonyl (C=O) groups is 5. The van der Waals surface area contributed by atoms with Crippen LogP contribution < -0.4 is 27.0 Å². The van der Waals surface area contributed by atoms with Crippen molar-refractivity contribution < 1.29 is 33.4 Å². The number of amides is 5. The molecule has 0 radical (unpaired) electrons. The van der Waals surface area contributed by atoms with Crippen LogP contribution in [0.3, 0.4) is 0 Å². The SMILES string of the molecule is CCCC[C@H](/C=C/[C@H](CCC)NC(=O)[C@H](CCCCNC(=O)OC(C)(C)C)NC(=O)[C@H](CC1CCCCC1)NC(=O)OCC)C(N)=O. The zero-order valence-electron chi connectivity index (χ0n) is 29.8. The minimum absolute atomic E-state index is 0.174. The summed E-state index contributed by atoms with van der Waals surface area (Å²) in [4.78, 5) is 63.8. The molecule has 1 saturated carbocycles. The van der Waals surface area contributed by atoms with Crippen LogP contribution in [0.15, 0.2) is 12.2 Å². The van der Waals surface area contributed by atoms with Crippen LogP contribution in [0.25, 0.3) is 0 Å². The lowest BCUT2D eigenvalue weighted by molar-refractivity contribution is -0.130. The second-order valence-corrected chi connectivity index (χ2v) is 13.6. The van der Waals surface area contributed by atoms with Crippen molar-refractivity contribution in [1.29, 1.82) is 0 Å². The smallest absolute Gasteiger partial charge is 0.407 e. The summed E-state index contributed by atoms with van der Waals surface area (Å²) in [5.74, 6) is -1.34. The Morgan fingerprint density at radius 3 is 2.06 bits per heavy atom. The van der Waals surface area contributed by atoms with Crippen molar-refractivity contribution in [3.05, 3.63) is 12.2 Å². The molecule has 5 amide bonds. The fourth-order valence-electron chi connectivity index (χ4n) is 5.66. The summed E-state index contributed by atoms with van der Waals surface area (Å²) < 4.78 is 10.4. The highest BCUT2D eigenvalue weighted by molar-refractivity contribution is 5.91. The molecule has 0 saturated heterocycles. The second-order valence-electron chi connectivity index (χ2n) is 13.6. The fraction of sp³-hybridized carbons (Fsp3) is 0.800. The molecule has 12 heteroatoms. The molecule has 270 valence electrons. The van der Waals surface area contributed by atoms with Gasteiger partial charge in [-0.3, -0.25) is 14.4 Å². The number of hydrogen-bond donors (Lipinski definition) is 5. The summed E-state index contributed by atoms with van der Waals surface area (Å²) in [6.07, 6.45) is 13.4. The van der Waals surface area contributed by atoms with Crippen molar-refractivity contribution in [2.45, 2.75) is 155 Å². The third-order valence-electron chi connectivity index (χ3n) is 8.14. The molecule has 47 heavy (non-hydrogen) atoms. The zero-order valence-corrected chi connectivity index (χ0v) is 29.8. The standard InChI is InChI=1S/C35H63N5O7/c1-7-10-19-26(30(36)41)21-22-27(16-8-2)38-31(42)28(20-14-15-23-37-33(44)47-35(4,5)6)39-32(43)29(40-34(45)46-9-3)24-25-17-12-11-13-18-25/h21-22,25-29H,7-20,23-24H2,1-6H3,(H2,36,41)(H,37,44)(H,38,42)(H,39,43)(H,40,45)/b22-21+/t26-,27+,28+,29+/m1/s1. The summed E-state index contributed by atoms with van der Waals surface area (Å²) in [5, 5.41) is 11.4. The number of nitrogens with two attached hydrogens (primary N) is 1. The van der Waals surface area contributed by atoms with Crippen molar-refractivity contribution in [3.63, 3.8) is 0 Å². The normalized spacial score (nSPS) is 16.4. The van der Waals surface area contributed by atoms with Gasteiger partial charge in [0.2, 0.25) is 17.7 Å². The number of hydrogen-bond acceptors (Lipinski definition) is 7. The van der Waals surface area contributed by atoms with E-state index in [0.717, 1.165) is 51.4 Å². The van der Waals surface area contributed by atoms with E-state index in [0.29, 0.717) is 45.1 Å². The number of rotatable bonds is 21. The number of ether oxygens (including phenoxy) is 2. The Hall–Kier alpha value is -3.31. The van der Waals surface area contributed by atoms with Gasteiger partial charge in [-0.2, -0.15) is 0 Å². The number of unbranched alkanes of at least 4 members (excludes halogenated alkanes) is 2. The van der Waals surface area contributed by atoms with Crippen LogP contribution in [0.2, 0.25) is 0 Å². The predicted octanol–water partition coefficient (Wildman–Crippen LogP) is 5.38. The summed E-state index contributed by atoms with van der Waals surface area (Å²) >= 11 is 0. The number of alkyl carbamates (subject to hydrolysis) is 2. The first-order valence-electron chi connectivity index (χ1n) is 17.8. The van der Waals surface area contributed by atoms with Crippen molar-refractivity contribution >= 4 is 29.9 Å². The minimum atomic E-state index is -0.887. The quantitative estimate of drug-likeness (QED) is 0.0806. The Bertz CT molecular complexity index is 991. The number of primary amides is 1. The predicted molar refractivity (Wildman–Crippen MR) is 183 cm³/mol. The van der Waals surface area contributed by atoms with Crippen LogP contribution in [0.4, 0.5) is 9.59 Å². The van der Waals surface area contributed by atoms with Crippen molar-refractivity contribution in [2.75, 3.05) is 13.2 Å². The van der Waals surface area contributed by atoms with Crippen molar-refractivity contribution in [1.82, 2.24) is 21.3 Å². The van der Waals surface area contributed by atoms with Gasteiger partial charge >= 0.3 is 12.2 Å². The molecule has 0 aliphatic heterocycles. The molecule has 0 unspecified atom stereocenters. The first-order valence-corrected chi connectivity index (χ1v) is 17.8. The Kier molecular flexibility index (Phi) is 20.5. The molecule has 0 heterocycles. The van der Waals surface area contributed by atoms with Crippen molar-refractivity contribution in [2.24, 2.45) is 17.6 Å². The van der Waals surface area contributed by atoms with E-state index in [2.05, 4.69) is 21.3 Å². The van der Waals surface area contributed by atoms with E-state index in [-0.39, 0.29) is 24.5 Å². The maximum atomic E-state index is 13.7. The molecule has 6 N–H and O–H groups in total. The largest absolute Gasteiger partial charge is 0.450 e. The van der Waals surface area contributed by atoms with E-state index < -0.39 is 47.6 Å². The van der Waals surface area contributed by atoms with Crippen LogP contribution in [0.5, 0.6) is 0 Å². The highest BCUT2D eigenvalue weighted by atomic mass is 16.6. The average molecular weight is 666 g/mol. The molecule has 1 fully saturated rings. The molecule has 0 aromatic rings. The molecule has 0 spiro atoms. The third-order valence-corrected chi connectivity index (χ3v) is 8.14. The van der Waals surface area contributed by atoms with E-state index in [9.17, 15) is 24.0 Å². The van der Waals surface area contributed by atoms with Gasteiger partial charge in [0.25, 0.3) is 0 Å². The maximum Gasteiger partial charge on any atom is 0.407 e. The fourth-order valence-corrected chi connectivity index (χ4v) is 5.66. The van der Waals surface area contributed by atoms with Crippen LogP contribution in [-0.4, -0.2) is 66.8 Å². The van der Waals surface area contributed by atoms with Gasteiger partial charge in [-0.1, -0.05) is 77.4 Å². The molecule has 0 aromatic carbocycles. The van der Waals surface area contributed by atoms with Gasteiger partial charge in [-0.15, -0.1) is 0 Å². The van der Waals surface area contributed by atoms with Gasteiger partial charge in [-0.25, -0.2) is 9.59 Å². The monoisotopic (exact) mass is 665 g/mol. The third kappa shape index (κ3) is 19.2. The molecule has 4 atom stereocenters. The second kappa shape index (κ2) is 23.1. The topological polar surface area (TPSA) is 178 Å². The highest BCUT2D eigenvalue weighted by Gasteiger charge is 2.30. The lowest BCUT2D eigenvalue weighted by atomic mass is 9.84. The Morgan fingerprint density at radius 1 is 0.787 bits per heavy atom. The number of carbonyl (C=O) groups excluding carboxylic acids is 5. The molecular formula is C35H63N5O7. The zero-order chi connectivity index (χ0) is 35.2. The molecule has 1 aliphatic rings. The van der Waals surface area contributed by atoms with Crippen LogP contribution in [0, 0.1) is 11.8 Å². The molecule has 1 rings (SSSR count). The molecule has 0 aromatic heterocycles. The lowest BCUT2D eigenvalue weighted by Gasteiger charge is -2.28. The van der Waals surface area contributed by atoms with Crippen LogP contribution >= 0.6 is 0 Å². The first-order chi connectivity index (χ1) is 22.3. The number of nitrogens with one attached hydrogen (secondary N) is 4. The molecule has 0 bridgehead atoms. The lowest BCUT2D eigenvalue weighted by Crippen LogP contribution is -2.55. The average Bonchev–Trinajstić information content (AvgIpc) is 2.99. The van der Waals surface area contributed by atoms with Gasteiger partial charge in [0, 0.05) is 12.6 Å². The van der Waals surface area contributed by atoms with E-state index in [4.69, 9.17) is 15.2 Å². The minimum Gasteiger partial charge on any atom is -0.450 e. The summed E-state index contributed by atoms with van der Waals surface area (Å²) in [6, 6.07) is -2.09. The van der Waals surface area contributed by atoms with Crippen LogP contribution in [0.1, 0.15) is 131 Å². The van der Waals surface area contributed by atoms with Gasteiger partial charge in [0.1, 0.15) is 17.7 Å². The summed E-state index contributed by atoms with van der Waals surface area (Å²) in [6.45, 7) is 11.6. The van der Waals surface area contributed by atoms with Gasteiger partial charge < -0.3 is 36.5 Å². The van der Waals surface area contributed by atoms with Crippen molar-refractivity contribution in [3.8, 4) is 0 Å². The van der Waals surface area contributed by atoms with Gasteiger partial charge in [-0.05, 0) is 72.1 Å². The van der Waals surface area contributed by atoms with E-state index in [1.807, 2.05) is 19.9 Å². The Balaban J connectivity index is 3.09. The van der Waals surface area contributed by atoms with Gasteiger partial charge in [0.05, 0.1) is 12.5 Å². The Labute approximate surface area is 282 Å². The van der Waals surface area contributed by atoms with E-state index >= 15 is 0 Å².